The van der Waals surface area contributed by atoms with Crippen LogP contribution in [0.4, 0.5) is 11.4 Å². The highest BCUT2D eigenvalue weighted by Crippen LogP contribution is 2.35. The Hall–Kier alpha value is -2.07. The third kappa shape index (κ3) is 3.08. The molecule has 1 unspecified atom stereocenters. The third-order valence-corrected chi connectivity index (χ3v) is 3.41. The monoisotopic (exact) mass is 290 g/mol. The van der Waals surface area contributed by atoms with Crippen molar-refractivity contribution in [1.29, 1.82) is 0 Å². The molecular formula is C15H15ClN2O2. The van der Waals surface area contributed by atoms with Gasteiger partial charge in [0.25, 0.3) is 0 Å². The molecule has 0 amide bonds. The summed E-state index contributed by atoms with van der Waals surface area (Å²) in [6.45, 7) is 2.03. The van der Waals surface area contributed by atoms with E-state index in [1.165, 1.54) is 6.07 Å². The standard InChI is InChI=1S/C15H15ClN2O2/c1-2-13(11-7-4-3-5-8-11)17-14-10-6-9-12(16)15(14)18(19)20/h3-10,13,17H,2H2,1H3. The fourth-order valence-electron chi connectivity index (χ4n) is 2.11. The van der Waals surface area contributed by atoms with Crippen LogP contribution in [-0.4, -0.2) is 4.92 Å². The lowest BCUT2D eigenvalue weighted by atomic mass is 10.0. The third-order valence-electron chi connectivity index (χ3n) is 3.11. The van der Waals surface area contributed by atoms with Gasteiger partial charge in [0, 0.05) is 0 Å². The number of nitrogens with zero attached hydrogens (tertiary/aromatic N) is 1. The summed E-state index contributed by atoms with van der Waals surface area (Å²) in [7, 11) is 0. The first-order chi connectivity index (χ1) is 9.63. The number of nitrogens with one attached hydrogen (secondary N) is 1. The number of nitro benzene ring substituents is 1. The van der Waals surface area contributed by atoms with Crippen molar-refractivity contribution in [2.45, 2.75) is 19.4 Å². The second-order valence-electron chi connectivity index (χ2n) is 4.41. The van der Waals surface area contributed by atoms with Gasteiger partial charge in [-0.1, -0.05) is 54.9 Å². The summed E-state index contributed by atoms with van der Waals surface area (Å²) in [5.74, 6) is 0. The molecule has 0 aromatic heterocycles. The van der Waals surface area contributed by atoms with Gasteiger partial charge in [0.1, 0.15) is 10.7 Å². The predicted molar refractivity (Wildman–Crippen MR) is 81.2 cm³/mol. The number of para-hydroxylation sites is 1. The summed E-state index contributed by atoms with van der Waals surface area (Å²) < 4.78 is 0. The maximum Gasteiger partial charge on any atom is 0.310 e. The Balaban J connectivity index is 2.33. The molecule has 0 fully saturated rings. The largest absolute Gasteiger partial charge is 0.373 e. The Morgan fingerprint density at radius 2 is 1.90 bits per heavy atom. The highest BCUT2D eigenvalue weighted by molar-refractivity contribution is 6.33. The number of anilines is 1. The zero-order valence-electron chi connectivity index (χ0n) is 11.0. The number of halogens is 1. The van der Waals surface area contributed by atoms with Gasteiger partial charge in [-0.25, -0.2) is 0 Å². The summed E-state index contributed by atoms with van der Waals surface area (Å²) in [5.41, 5.74) is 1.45. The molecule has 4 nitrogen and oxygen atoms in total. The van der Waals surface area contributed by atoms with Gasteiger partial charge in [-0.2, -0.15) is 0 Å². The number of rotatable bonds is 5. The average Bonchev–Trinajstić information content (AvgIpc) is 2.45. The molecule has 0 aliphatic heterocycles. The first kappa shape index (κ1) is 14.3. The van der Waals surface area contributed by atoms with Gasteiger partial charge >= 0.3 is 5.69 Å². The van der Waals surface area contributed by atoms with Crippen LogP contribution >= 0.6 is 11.6 Å². The van der Waals surface area contributed by atoms with Gasteiger partial charge in [-0.05, 0) is 24.1 Å². The van der Waals surface area contributed by atoms with Gasteiger partial charge in [0.05, 0.1) is 11.0 Å². The van der Waals surface area contributed by atoms with E-state index in [9.17, 15) is 10.1 Å². The normalized spacial score (nSPS) is 11.9. The number of nitro groups is 1. The van der Waals surface area contributed by atoms with E-state index in [2.05, 4.69) is 5.32 Å². The molecule has 1 atom stereocenters. The van der Waals surface area contributed by atoms with Crippen LogP contribution in [0.15, 0.2) is 48.5 Å². The van der Waals surface area contributed by atoms with Crippen LogP contribution < -0.4 is 5.32 Å². The van der Waals surface area contributed by atoms with E-state index in [-0.39, 0.29) is 16.8 Å². The Morgan fingerprint density at radius 1 is 1.20 bits per heavy atom. The number of hydrogen-bond acceptors (Lipinski definition) is 3. The molecule has 0 aliphatic carbocycles. The van der Waals surface area contributed by atoms with Gasteiger partial charge in [0.2, 0.25) is 0 Å². The molecule has 2 aromatic carbocycles. The highest BCUT2D eigenvalue weighted by atomic mass is 35.5. The second-order valence-corrected chi connectivity index (χ2v) is 4.82. The van der Waals surface area contributed by atoms with Crippen molar-refractivity contribution in [2.24, 2.45) is 0 Å². The first-order valence-electron chi connectivity index (χ1n) is 6.38. The van der Waals surface area contributed by atoms with E-state index in [1.54, 1.807) is 12.1 Å². The maximum absolute atomic E-state index is 11.1. The molecule has 0 spiro atoms. The summed E-state index contributed by atoms with van der Waals surface area (Å²) in [5, 5.41) is 14.5. The molecule has 0 saturated heterocycles. The summed E-state index contributed by atoms with van der Waals surface area (Å²) >= 11 is 5.92. The SMILES string of the molecule is CCC(Nc1cccc(Cl)c1[N+](=O)[O-])c1ccccc1. The first-order valence-corrected chi connectivity index (χ1v) is 6.75. The molecule has 5 heteroatoms. The van der Waals surface area contributed by atoms with E-state index in [0.717, 1.165) is 12.0 Å². The zero-order chi connectivity index (χ0) is 14.5. The summed E-state index contributed by atoms with van der Waals surface area (Å²) in [6, 6.07) is 14.7. The number of benzene rings is 2. The van der Waals surface area contributed by atoms with Crippen molar-refractivity contribution in [3.63, 3.8) is 0 Å². The lowest BCUT2D eigenvalue weighted by molar-refractivity contribution is -0.383. The molecule has 0 saturated carbocycles. The van der Waals surface area contributed by atoms with Gasteiger partial charge in [-0.3, -0.25) is 10.1 Å². The lowest BCUT2D eigenvalue weighted by Gasteiger charge is -2.18. The summed E-state index contributed by atoms with van der Waals surface area (Å²) in [6.07, 6.45) is 0.813. The van der Waals surface area contributed by atoms with Crippen molar-refractivity contribution >= 4 is 23.0 Å². The van der Waals surface area contributed by atoms with Crippen molar-refractivity contribution in [2.75, 3.05) is 5.32 Å². The van der Waals surface area contributed by atoms with Crippen LogP contribution in [-0.2, 0) is 0 Å². The molecule has 2 aromatic rings. The van der Waals surface area contributed by atoms with Crippen LogP contribution in [0.5, 0.6) is 0 Å². The van der Waals surface area contributed by atoms with Crippen molar-refractivity contribution in [1.82, 2.24) is 0 Å². The average molecular weight is 291 g/mol. The Labute approximate surface area is 122 Å². The van der Waals surface area contributed by atoms with Crippen LogP contribution in [0.1, 0.15) is 24.9 Å². The minimum atomic E-state index is -0.456. The quantitative estimate of drug-likeness (QED) is 0.635. The minimum absolute atomic E-state index is 0.00775. The molecule has 20 heavy (non-hydrogen) atoms. The van der Waals surface area contributed by atoms with Crippen LogP contribution in [0, 0.1) is 10.1 Å². The molecular weight excluding hydrogens is 276 g/mol. The van der Waals surface area contributed by atoms with Gasteiger partial charge < -0.3 is 5.32 Å². The Bertz CT molecular complexity index is 602. The van der Waals surface area contributed by atoms with Crippen molar-refractivity contribution < 1.29 is 4.92 Å². The zero-order valence-corrected chi connectivity index (χ0v) is 11.8. The van der Waals surface area contributed by atoms with Gasteiger partial charge in [-0.15, -0.1) is 0 Å². The predicted octanol–water partition coefficient (Wildman–Crippen LogP) is 4.81. The topological polar surface area (TPSA) is 55.2 Å². The van der Waals surface area contributed by atoms with E-state index in [4.69, 9.17) is 11.6 Å². The van der Waals surface area contributed by atoms with E-state index >= 15 is 0 Å². The fraction of sp³-hybridized carbons (Fsp3) is 0.200. The summed E-state index contributed by atoms with van der Waals surface area (Å²) in [4.78, 5) is 10.7. The minimum Gasteiger partial charge on any atom is -0.373 e. The maximum atomic E-state index is 11.1. The van der Waals surface area contributed by atoms with Crippen LogP contribution in [0.3, 0.4) is 0 Å². The molecule has 0 bridgehead atoms. The lowest BCUT2D eigenvalue weighted by Crippen LogP contribution is -2.11. The number of hydrogen-bond donors (Lipinski definition) is 1. The fourth-order valence-corrected chi connectivity index (χ4v) is 2.36. The van der Waals surface area contributed by atoms with E-state index in [0.29, 0.717) is 5.69 Å². The van der Waals surface area contributed by atoms with Crippen molar-refractivity contribution in [3.8, 4) is 0 Å². The molecule has 2 rings (SSSR count). The Morgan fingerprint density at radius 3 is 2.50 bits per heavy atom. The van der Waals surface area contributed by atoms with Crippen LogP contribution in [0.2, 0.25) is 5.02 Å². The molecule has 0 aliphatic rings. The molecule has 1 N–H and O–H groups in total. The van der Waals surface area contributed by atoms with Gasteiger partial charge in [0.15, 0.2) is 0 Å². The Kier molecular flexibility index (Phi) is 4.58. The molecule has 0 heterocycles. The smallest absolute Gasteiger partial charge is 0.310 e. The van der Waals surface area contributed by atoms with E-state index in [1.807, 2.05) is 37.3 Å². The van der Waals surface area contributed by atoms with Crippen molar-refractivity contribution in [3.05, 3.63) is 69.2 Å². The second kappa shape index (κ2) is 6.39. The molecule has 104 valence electrons. The van der Waals surface area contributed by atoms with Crippen LogP contribution in [0.25, 0.3) is 0 Å². The van der Waals surface area contributed by atoms with E-state index < -0.39 is 4.92 Å². The highest BCUT2D eigenvalue weighted by Gasteiger charge is 2.20. The molecule has 0 radical (unpaired) electrons.